The van der Waals surface area contributed by atoms with Crippen LogP contribution in [-0.4, -0.2) is 45.2 Å². The van der Waals surface area contributed by atoms with Gasteiger partial charge in [-0.3, -0.25) is 0 Å². The molecule has 0 unspecified atom stereocenters. The lowest BCUT2D eigenvalue weighted by Crippen LogP contribution is -2.39. The van der Waals surface area contributed by atoms with E-state index in [2.05, 4.69) is 0 Å². The number of rotatable bonds is 8. The number of nitrogens with zero attached hydrogens (tertiary/aromatic N) is 1. The number of ether oxygens (including phenoxy) is 1. The summed E-state index contributed by atoms with van der Waals surface area (Å²) in [4.78, 5) is 0. The molecule has 1 aromatic heterocycles. The molecular weight excluding hydrogens is 329 g/mol. The molecule has 0 spiro atoms. The Labute approximate surface area is 125 Å². The zero-order chi connectivity index (χ0) is 16.1. The monoisotopic (exact) mass is 346 g/mol. The van der Waals surface area contributed by atoms with Gasteiger partial charge in [0, 0.05) is 30.8 Å². The van der Waals surface area contributed by atoms with Crippen molar-refractivity contribution in [2.24, 2.45) is 0 Å². The third kappa shape index (κ3) is 5.81. The first-order chi connectivity index (χ1) is 9.66. The van der Waals surface area contributed by atoms with Crippen molar-refractivity contribution in [2.75, 3.05) is 32.0 Å². The van der Waals surface area contributed by atoms with Crippen LogP contribution < -0.4 is 5.73 Å². The van der Waals surface area contributed by atoms with E-state index in [-0.39, 0.29) is 29.5 Å². The molecule has 0 saturated carbocycles. The average molecular weight is 346 g/mol. The van der Waals surface area contributed by atoms with Crippen LogP contribution in [0.2, 0.25) is 0 Å². The number of alkyl halides is 3. The molecule has 21 heavy (non-hydrogen) atoms. The summed E-state index contributed by atoms with van der Waals surface area (Å²) in [6.45, 7) is 0.581. The summed E-state index contributed by atoms with van der Waals surface area (Å²) in [5.41, 5.74) is 5.64. The fourth-order valence-electron chi connectivity index (χ4n) is 1.56. The smallest absolute Gasteiger partial charge is 0.398 e. The van der Waals surface area contributed by atoms with E-state index in [1.54, 1.807) is 6.92 Å². The topological polar surface area (TPSA) is 72.6 Å². The first-order valence-corrected chi connectivity index (χ1v) is 8.47. The summed E-state index contributed by atoms with van der Waals surface area (Å²) in [7, 11) is -4.20. The molecule has 0 amide bonds. The van der Waals surface area contributed by atoms with Crippen LogP contribution in [0.4, 0.5) is 18.9 Å². The Kier molecular flexibility index (Phi) is 6.44. The third-order valence-corrected chi connectivity index (χ3v) is 5.72. The molecule has 0 aromatic carbocycles. The molecule has 0 bridgehead atoms. The number of halogens is 3. The van der Waals surface area contributed by atoms with Crippen LogP contribution in [0.15, 0.2) is 15.7 Å². The summed E-state index contributed by atoms with van der Waals surface area (Å²) in [5.74, 6) is 0. The third-order valence-electron chi connectivity index (χ3n) is 2.45. The van der Waals surface area contributed by atoms with Crippen LogP contribution in [0.5, 0.6) is 0 Å². The molecule has 1 heterocycles. The highest BCUT2D eigenvalue weighted by Gasteiger charge is 2.37. The highest BCUT2D eigenvalue weighted by molar-refractivity contribution is 7.91. The largest absolute Gasteiger partial charge is 0.402 e. The maximum atomic E-state index is 12.6. The predicted molar refractivity (Wildman–Crippen MR) is 74.7 cm³/mol. The molecule has 0 fully saturated rings. The van der Waals surface area contributed by atoms with Crippen LogP contribution >= 0.6 is 11.3 Å². The van der Waals surface area contributed by atoms with Gasteiger partial charge in [0.15, 0.2) is 0 Å². The van der Waals surface area contributed by atoms with Crippen molar-refractivity contribution in [3.63, 3.8) is 0 Å². The maximum Gasteiger partial charge on any atom is 0.402 e. The van der Waals surface area contributed by atoms with E-state index in [1.165, 1.54) is 5.38 Å². The fourth-order valence-corrected chi connectivity index (χ4v) is 4.26. The standard InChI is InChI=1S/C11H17F3N2O3S2/c1-2-19-5-3-4-16(8-11(12,13)14)21(17,18)10-6-9(15)7-20-10/h6-7H,2-5,8,15H2,1H3. The molecule has 0 atom stereocenters. The number of thiophene rings is 1. The molecular formula is C11H17F3N2O3S2. The average Bonchev–Trinajstić information content (AvgIpc) is 2.79. The van der Waals surface area contributed by atoms with Gasteiger partial charge >= 0.3 is 6.18 Å². The molecule has 1 rings (SSSR count). The summed E-state index contributed by atoms with van der Waals surface area (Å²) in [6, 6.07) is 1.16. The second-order valence-corrected chi connectivity index (χ2v) is 7.28. The van der Waals surface area contributed by atoms with E-state index in [1.807, 2.05) is 0 Å². The normalized spacial score (nSPS) is 13.0. The van der Waals surface area contributed by atoms with Crippen LogP contribution in [0.1, 0.15) is 13.3 Å². The number of hydrogen-bond donors (Lipinski definition) is 1. The number of sulfonamides is 1. The summed E-state index contributed by atoms with van der Waals surface area (Å²) in [6.07, 6.45) is -4.43. The lowest BCUT2D eigenvalue weighted by atomic mass is 10.4. The SMILES string of the molecule is CCOCCCN(CC(F)(F)F)S(=O)(=O)c1cc(N)cs1. The van der Waals surface area contributed by atoms with E-state index >= 15 is 0 Å². The summed E-state index contributed by atoms with van der Waals surface area (Å²) < 4.78 is 67.4. The van der Waals surface area contributed by atoms with E-state index in [0.29, 0.717) is 10.9 Å². The van der Waals surface area contributed by atoms with Crippen molar-refractivity contribution in [3.8, 4) is 0 Å². The number of hydrogen-bond acceptors (Lipinski definition) is 5. The van der Waals surface area contributed by atoms with Gasteiger partial charge in [-0.25, -0.2) is 8.42 Å². The zero-order valence-electron chi connectivity index (χ0n) is 11.4. The second kappa shape index (κ2) is 7.43. The number of anilines is 1. The highest BCUT2D eigenvalue weighted by atomic mass is 32.2. The first-order valence-electron chi connectivity index (χ1n) is 6.15. The second-order valence-electron chi connectivity index (χ2n) is 4.20. The number of nitrogen functional groups attached to an aromatic ring is 1. The van der Waals surface area contributed by atoms with Crippen LogP contribution in [0, 0.1) is 0 Å². The number of nitrogens with two attached hydrogens (primary N) is 1. The molecule has 0 radical (unpaired) electrons. The Bertz CT molecular complexity index is 543. The lowest BCUT2D eigenvalue weighted by Gasteiger charge is -2.22. The van der Waals surface area contributed by atoms with Crippen LogP contribution in [0.3, 0.4) is 0 Å². The zero-order valence-corrected chi connectivity index (χ0v) is 13.0. The van der Waals surface area contributed by atoms with Crippen LogP contribution in [0.25, 0.3) is 0 Å². The van der Waals surface area contributed by atoms with Crippen molar-refractivity contribution in [1.82, 2.24) is 4.31 Å². The van der Waals surface area contributed by atoms with Gasteiger partial charge in [0.2, 0.25) is 0 Å². The molecule has 1 aromatic rings. The highest BCUT2D eigenvalue weighted by Crippen LogP contribution is 2.28. The van der Waals surface area contributed by atoms with Gasteiger partial charge in [-0.2, -0.15) is 17.5 Å². The maximum absolute atomic E-state index is 12.6. The van der Waals surface area contributed by atoms with Gasteiger partial charge in [0.25, 0.3) is 10.0 Å². The Morgan fingerprint density at radius 1 is 1.43 bits per heavy atom. The molecule has 0 aliphatic rings. The molecule has 122 valence electrons. The molecule has 5 nitrogen and oxygen atoms in total. The predicted octanol–water partition coefficient (Wildman–Crippen LogP) is 2.31. The lowest BCUT2D eigenvalue weighted by molar-refractivity contribution is -0.136. The van der Waals surface area contributed by atoms with Gasteiger partial charge in [-0.05, 0) is 19.4 Å². The van der Waals surface area contributed by atoms with E-state index in [9.17, 15) is 21.6 Å². The Morgan fingerprint density at radius 3 is 2.57 bits per heavy atom. The van der Waals surface area contributed by atoms with Crippen molar-refractivity contribution in [1.29, 1.82) is 0 Å². The van der Waals surface area contributed by atoms with E-state index < -0.39 is 22.7 Å². The van der Waals surface area contributed by atoms with Gasteiger partial charge in [-0.1, -0.05) is 0 Å². The van der Waals surface area contributed by atoms with Gasteiger partial charge in [0.1, 0.15) is 10.8 Å². The Morgan fingerprint density at radius 2 is 2.10 bits per heavy atom. The van der Waals surface area contributed by atoms with Gasteiger partial charge in [0.05, 0.1) is 0 Å². The van der Waals surface area contributed by atoms with Crippen LogP contribution in [-0.2, 0) is 14.8 Å². The molecule has 0 saturated heterocycles. The van der Waals surface area contributed by atoms with Gasteiger partial charge < -0.3 is 10.5 Å². The van der Waals surface area contributed by atoms with Crippen molar-refractivity contribution >= 4 is 27.0 Å². The van der Waals surface area contributed by atoms with E-state index in [4.69, 9.17) is 10.5 Å². The molecule has 2 N–H and O–H groups in total. The molecule has 0 aliphatic heterocycles. The minimum atomic E-state index is -4.61. The fraction of sp³-hybridized carbons (Fsp3) is 0.636. The summed E-state index contributed by atoms with van der Waals surface area (Å²) in [5, 5.41) is 1.37. The van der Waals surface area contributed by atoms with Crippen molar-refractivity contribution in [3.05, 3.63) is 11.4 Å². The Balaban J connectivity index is 2.88. The quantitative estimate of drug-likeness (QED) is 0.733. The first kappa shape index (κ1) is 18.2. The Hall–Kier alpha value is -0.840. The minimum Gasteiger partial charge on any atom is -0.398 e. The molecule has 10 heteroatoms. The van der Waals surface area contributed by atoms with Crippen molar-refractivity contribution in [2.45, 2.75) is 23.7 Å². The van der Waals surface area contributed by atoms with E-state index in [0.717, 1.165) is 17.4 Å². The van der Waals surface area contributed by atoms with Gasteiger partial charge in [-0.15, -0.1) is 11.3 Å². The minimum absolute atomic E-state index is 0.185. The van der Waals surface area contributed by atoms with Crippen molar-refractivity contribution < 1.29 is 26.3 Å². The summed E-state index contributed by atoms with van der Waals surface area (Å²) >= 11 is 0.801. The molecule has 0 aliphatic carbocycles.